The Bertz CT molecular complexity index is 1140. The molecule has 1 heterocycles. The molecule has 0 spiro atoms. The van der Waals surface area contributed by atoms with Crippen LogP contribution in [-0.4, -0.2) is 86.5 Å². The lowest BCUT2D eigenvalue weighted by Crippen LogP contribution is -2.40. The van der Waals surface area contributed by atoms with Crippen molar-refractivity contribution >= 4 is 21.7 Å². The Balaban J connectivity index is 1.44. The lowest BCUT2D eigenvalue weighted by Gasteiger charge is -2.29. The summed E-state index contributed by atoms with van der Waals surface area (Å²) in [6.45, 7) is 8.59. The van der Waals surface area contributed by atoms with Crippen molar-refractivity contribution < 1.29 is 18.0 Å². The number of carbonyl (C=O) groups is 2. The molecule has 38 heavy (non-hydrogen) atoms. The third kappa shape index (κ3) is 9.24. The van der Waals surface area contributed by atoms with Crippen molar-refractivity contribution in [2.75, 3.05) is 45.5 Å². The molecule has 1 aliphatic rings. The summed E-state index contributed by atoms with van der Waals surface area (Å²) >= 11 is 0. The summed E-state index contributed by atoms with van der Waals surface area (Å²) in [5.74, 6) is 0.0572. The molecule has 3 rings (SSSR count). The number of unbranched alkanes of at least 4 members (excludes halogenated alkanes) is 1. The van der Waals surface area contributed by atoms with Gasteiger partial charge in [0.25, 0.3) is 0 Å². The third-order valence-electron chi connectivity index (χ3n) is 7.23. The molecule has 0 N–H and O–H groups in total. The summed E-state index contributed by atoms with van der Waals surface area (Å²) in [7, 11) is -3.18. The molecule has 2 aromatic carbocycles. The molecular formula is C30H43N3O4S. The molecule has 1 saturated heterocycles. The van der Waals surface area contributed by atoms with Gasteiger partial charge in [-0.1, -0.05) is 49.4 Å². The SMILES string of the molecule is CCCN(CCCCN1CCCN(C(=O)Cc2ccccc2)CC1=O)C(C)Cc1ccc(S(C)(=O)=O)cc1. The lowest BCUT2D eigenvalue weighted by molar-refractivity contribution is -0.138. The van der Waals surface area contributed by atoms with Crippen LogP contribution in [0.1, 0.15) is 50.7 Å². The van der Waals surface area contributed by atoms with E-state index in [1.165, 1.54) is 6.26 Å². The van der Waals surface area contributed by atoms with Crippen LogP contribution in [0.5, 0.6) is 0 Å². The number of nitrogens with zero attached hydrogens (tertiary/aromatic N) is 3. The fraction of sp³-hybridized carbons (Fsp3) is 0.533. The summed E-state index contributed by atoms with van der Waals surface area (Å²) in [5.41, 5.74) is 2.11. The monoisotopic (exact) mass is 541 g/mol. The van der Waals surface area contributed by atoms with Crippen LogP contribution in [0.15, 0.2) is 59.5 Å². The first-order chi connectivity index (χ1) is 18.2. The van der Waals surface area contributed by atoms with Crippen LogP contribution < -0.4 is 0 Å². The van der Waals surface area contributed by atoms with Crippen molar-refractivity contribution in [3.05, 3.63) is 65.7 Å². The van der Waals surface area contributed by atoms with E-state index in [0.29, 0.717) is 30.4 Å². The maximum atomic E-state index is 12.9. The smallest absolute Gasteiger partial charge is 0.242 e. The third-order valence-corrected chi connectivity index (χ3v) is 8.35. The molecule has 0 saturated carbocycles. The van der Waals surface area contributed by atoms with Gasteiger partial charge in [-0.2, -0.15) is 0 Å². The normalized spacial score (nSPS) is 15.5. The van der Waals surface area contributed by atoms with E-state index < -0.39 is 9.84 Å². The van der Waals surface area contributed by atoms with Gasteiger partial charge in [0.05, 0.1) is 17.9 Å². The molecule has 1 aliphatic heterocycles. The molecule has 1 atom stereocenters. The van der Waals surface area contributed by atoms with E-state index >= 15 is 0 Å². The quantitative estimate of drug-likeness (QED) is 0.361. The predicted molar refractivity (Wildman–Crippen MR) is 152 cm³/mol. The maximum absolute atomic E-state index is 12.9. The highest BCUT2D eigenvalue weighted by Crippen LogP contribution is 2.15. The number of amides is 2. The first-order valence-electron chi connectivity index (χ1n) is 13.8. The largest absolute Gasteiger partial charge is 0.341 e. The molecule has 2 amide bonds. The van der Waals surface area contributed by atoms with Crippen LogP contribution in [-0.2, 0) is 32.3 Å². The van der Waals surface area contributed by atoms with Crippen molar-refractivity contribution in [2.45, 2.75) is 63.3 Å². The standard InChI is InChI=1S/C30H43N3O4S/c1-4-17-31(25(2)22-27-13-15-28(16-14-27)38(3,36)37)18-8-9-19-32-20-10-21-33(24-30(32)35)29(34)23-26-11-6-5-7-12-26/h5-7,11-16,25H,4,8-10,17-24H2,1-3H3. The fourth-order valence-corrected chi connectivity index (χ4v) is 5.68. The predicted octanol–water partition coefficient (Wildman–Crippen LogP) is 3.82. The van der Waals surface area contributed by atoms with Gasteiger partial charge in [-0.15, -0.1) is 0 Å². The van der Waals surface area contributed by atoms with Gasteiger partial charge in [-0.05, 0) is 75.4 Å². The van der Waals surface area contributed by atoms with E-state index in [1.807, 2.05) is 47.4 Å². The van der Waals surface area contributed by atoms with Gasteiger partial charge in [0.1, 0.15) is 0 Å². The molecule has 8 heteroatoms. The molecule has 0 aromatic heterocycles. The van der Waals surface area contributed by atoms with Crippen molar-refractivity contribution in [1.29, 1.82) is 0 Å². The Morgan fingerprint density at radius 1 is 0.974 bits per heavy atom. The summed E-state index contributed by atoms with van der Waals surface area (Å²) in [6, 6.07) is 17.2. The van der Waals surface area contributed by atoms with Crippen LogP contribution in [0.25, 0.3) is 0 Å². The summed E-state index contributed by atoms with van der Waals surface area (Å²) in [6.07, 6.45) is 6.23. The van der Waals surface area contributed by atoms with Gasteiger partial charge < -0.3 is 14.7 Å². The Morgan fingerprint density at radius 3 is 2.34 bits per heavy atom. The summed E-state index contributed by atoms with van der Waals surface area (Å²) in [5, 5.41) is 0. The van der Waals surface area contributed by atoms with Crippen molar-refractivity contribution in [3.8, 4) is 0 Å². The Morgan fingerprint density at radius 2 is 1.68 bits per heavy atom. The zero-order chi connectivity index (χ0) is 27.5. The van der Waals surface area contributed by atoms with Gasteiger partial charge in [0.15, 0.2) is 9.84 Å². The van der Waals surface area contributed by atoms with Gasteiger partial charge in [-0.25, -0.2) is 8.42 Å². The van der Waals surface area contributed by atoms with Gasteiger partial charge in [0.2, 0.25) is 11.8 Å². The highest BCUT2D eigenvalue weighted by Gasteiger charge is 2.24. The zero-order valence-electron chi connectivity index (χ0n) is 23.1. The topological polar surface area (TPSA) is 78.0 Å². The Labute approximate surface area is 228 Å². The molecule has 1 unspecified atom stereocenters. The second kappa shape index (κ2) is 14.4. The second-order valence-electron chi connectivity index (χ2n) is 10.4. The summed E-state index contributed by atoms with van der Waals surface area (Å²) in [4.78, 5) is 32.1. The van der Waals surface area contributed by atoms with Crippen molar-refractivity contribution in [3.63, 3.8) is 0 Å². The van der Waals surface area contributed by atoms with E-state index in [1.54, 1.807) is 17.0 Å². The molecule has 7 nitrogen and oxygen atoms in total. The first-order valence-corrected chi connectivity index (χ1v) is 15.7. The molecule has 0 aliphatic carbocycles. The van der Waals surface area contributed by atoms with Crippen LogP contribution in [0.3, 0.4) is 0 Å². The van der Waals surface area contributed by atoms with Crippen LogP contribution >= 0.6 is 0 Å². The number of sulfone groups is 1. The van der Waals surface area contributed by atoms with E-state index in [9.17, 15) is 18.0 Å². The minimum Gasteiger partial charge on any atom is -0.341 e. The van der Waals surface area contributed by atoms with Gasteiger partial charge in [0, 0.05) is 31.9 Å². The average molecular weight is 542 g/mol. The Hall–Kier alpha value is -2.71. The molecule has 2 aromatic rings. The zero-order valence-corrected chi connectivity index (χ0v) is 24.0. The van der Waals surface area contributed by atoms with E-state index in [2.05, 4.69) is 18.7 Å². The van der Waals surface area contributed by atoms with Gasteiger partial charge in [-0.3, -0.25) is 9.59 Å². The molecule has 1 fully saturated rings. The Kier molecular flexibility index (Phi) is 11.3. The first kappa shape index (κ1) is 29.8. The number of carbonyl (C=O) groups excluding carboxylic acids is 2. The fourth-order valence-electron chi connectivity index (χ4n) is 5.05. The minimum atomic E-state index is -3.18. The van der Waals surface area contributed by atoms with Gasteiger partial charge >= 0.3 is 0 Å². The van der Waals surface area contributed by atoms with Crippen molar-refractivity contribution in [1.82, 2.24) is 14.7 Å². The van der Waals surface area contributed by atoms with Crippen LogP contribution in [0, 0.1) is 0 Å². The van der Waals surface area contributed by atoms with Crippen molar-refractivity contribution in [2.24, 2.45) is 0 Å². The number of benzene rings is 2. The number of rotatable bonds is 13. The number of hydrogen-bond acceptors (Lipinski definition) is 5. The van der Waals surface area contributed by atoms with E-state index in [0.717, 1.165) is 62.9 Å². The number of hydrogen-bond donors (Lipinski definition) is 0. The maximum Gasteiger partial charge on any atom is 0.242 e. The average Bonchev–Trinajstić information content (AvgIpc) is 3.07. The van der Waals surface area contributed by atoms with E-state index in [4.69, 9.17) is 0 Å². The minimum absolute atomic E-state index is 0.0153. The lowest BCUT2D eigenvalue weighted by atomic mass is 10.1. The van der Waals surface area contributed by atoms with Crippen LogP contribution in [0.2, 0.25) is 0 Å². The highest BCUT2D eigenvalue weighted by atomic mass is 32.2. The second-order valence-corrected chi connectivity index (χ2v) is 12.4. The summed E-state index contributed by atoms with van der Waals surface area (Å²) < 4.78 is 23.4. The molecule has 208 valence electrons. The molecular weight excluding hydrogens is 498 g/mol. The van der Waals surface area contributed by atoms with E-state index in [-0.39, 0.29) is 18.4 Å². The molecule has 0 radical (unpaired) electrons. The van der Waals surface area contributed by atoms with Crippen LogP contribution in [0.4, 0.5) is 0 Å². The highest BCUT2D eigenvalue weighted by molar-refractivity contribution is 7.90. The molecule has 0 bridgehead atoms.